The third kappa shape index (κ3) is 4.50. The number of carbonyl (C=O) groups is 1. The topological polar surface area (TPSA) is 102 Å². The van der Waals surface area contributed by atoms with Crippen molar-refractivity contribution >= 4 is 30.1 Å². The Hall–Kier alpha value is -2.54. The summed E-state index contributed by atoms with van der Waals surface area (Å²) in [6.45, 7) is 1.79. The van der Waals surface area contributed by atoms with Gasteiger partial charge >= 0.3 is 0 Å². The van der Waals surface area contributed by atoms with Gasteiger partial charge < -0.3 is 10.5 Å². The lowest BCUT2D eigenvalue weighted by Crippen LogP contribution is -2.30. The minimum absolute atomic E-state index is 0. The highest BCUT2D eigenvalue weighted by Crippen LogP contribution is 2.11. The number of methoxy groups -OCH3 is 1. The zero-order valence-corrected chi connectivity index (χ0v) is 12.4. The van der Waals surface area contributed by atoms with E-state index in [0.717, 1.165) is 0 Å². The van der Waals surface area contributed by atoms with Gasteiger partial charge in [-0.25, -0.2) is 4.98 Å². The van der Waals surface area contributed by atoms with Crippen molar-refractivity contribution in [2.24, 2.45) is 0 Å². The molecular weight excluding hydrogens is 294 g/mol. The Balaban J connectivity index is 0.00000220. The number of amides is 1. The molecule has 0 bridgehead atoms. The van der Waals surface area contributed by atoms with Crippen LogP contribution in [0.5, 0.6) is 5.75 Å². The van der Waals surface area contributed by atoms with Crippen LogP contribution in [0.4, 0.5) is 11.8 Å². The SMILES string of the molecule is COc1ccc(C(=O)NNc2nc(C)cc(N)n2)cc1.Cl. The Morgan fingerprint density at radius 2 is 1.90 bits per heavy atom. The first-order chi connectivity index (χ1) is 9.58. The Morgan fingerprint density at radius 1 is 1.24 bits per heavy atom. The normalized spacial score (nSPS) is 9.43. The van der Waals surface area contributed by atoms with Gasteiger partial charge in [-0.3, -0.25) is 15.6 Å². The first-order valence-corrected chi connectivity index (χ1v) is 5.90. The smallest absolute Gasteiger partial charge is 0.269 e. The molecule has 0 spiro atoms. The van der Waals surface area contributed by atoms with Gasteiger partial charge in [-0.1, -0.05) is 0 Å². The number of benzene rings is 1. The van der Waals surface area contributed by atoms with E-state index in [4.69, 9.17) is 10.5 Å². The van der Waals surface area contributed by atoms with Crippen LogP contribution >= 0.6 is 12.4 Å². The lowest BCUT2D eigenvalue weighted by molar-refractivity contribution is 0.0962. The fourth-order valence-electron chi connectivity index (χ4n) is 1.58. The van der Waals surface area contributed by atoms with Gasteiger partial charge in [0.15, 0.2) is 0 Å². The van der Waals surface area contributed by atoms with Crippen LogP contribution in [0.1, 0.15) is 16.1 Å². The van der Waals surface area contributed by atoms with E-state index < -0.39 is 0 Å². The molecule has 0 aliphatic carbocycles. The molecule has 2 rings (SSSR count). The number of anilines is 2. The molecule has 7 nitrogen and oxygen atoms in total. The molecule has 1 amide bonds. The average Bonchev–Trinajstić information content (AvgIpc) is 2.44. The molecule has 1 heterocycles. The van der Waals surface area contributed by atoms with E-state index in [0.29, 0.717) is 22.8 Å². The molecule has 0 saturated carbocycles. The van der Waals surface area contributed by atoms with E-state index in [9.17, 15) is 4.79 Å². The van der Waals surface area contributed by atoms with E-state index in [1.165, 1.54) is 0 Å². The van der Waals surface area contributed by atoms with Crippen LogP contribution in [-0.4, -0.2) is 23.0 Å². The van der Waals surface area contributed by atoms with Gasteiger partial charge in [-0.05, 0) is 31.2 Å². The molecule has 0 saturated heterocycles. The summed E-state index contributed by atoms with van der Waals surface area (Å²) in [4.78, 5) is 19.9. The predicted octanol–water partition coefficient (Wildman–Crippen LogP) is 1.55. The zero-order valence-electron chi connectivity index (χ0n) is 11.6. The maximum Gasteiger partial charge on any atom is 0.269 e. The van der Waals surface area contributed by atoms with Gasteiger partial charge in [-0.2, -0.15) is 4.98 Å². The van der Waals surface area contributed by atoms with E-state index >= 15 is 0 Å². The molecule has 0 aliphatic rings. The van der Waals surface area contributed by atoms with Gasteiger partial charge in [0.1, 0.15) is 11.6 Å². The van der Waals surface area contributed by atoms with Crippen molar-refractivity contribution in [3.05, 3.63) is 41.6 Å². The number of aromatic nitrogens is 2. The van der Waals surface area contributed by atoms with Crippen LogP contribution in [-0.2, 0) is 0 Å². The number of halogens is 1. The third-order valence-electron chi connectivity index (χ3n) is 2.51. The lowest BCUT2D eigenvalue weighted by atomic mass is 10.2. The summed E-state index contributed by atoms with van der Waals surface area (Å²) in [6.07, 6.45) is 0. The summed E-state index contributed by atoms with van der Waals surface area (Å²) in [6, 6.07) is 8.35. The maximum absolute atomic E-state index is 11.9. The minimum Gasteiger partial charge on any atom is -0.497 e. The van der Waals surface area contributed by atoms with Crippen LogP contribution in [0.25, 0.3) is 0 Å². The summed E-state index contributed by atoms with van der Waals surface area (Å²) in [7, 11) is 1.57. The fourth-order valence-corrected chi connectivity index (χ4v) is 1.58. The van der Waals surface area contributed by atoms with E-state index in [1.54, 1.807) is 44.4 Å². The number of carbonyl (C=O) groups excluding carboxylic acids is 1. The van der Waals surface area contributed by atoms with Gasteiger partial charge in [0.05, 0.1) is 7.11 Å². The number of hydrazine groups is 1. The number of hydrogen-bond acceptors (Lipinski definition) is 6. The number of nitrogens with one attached hydrogen (secondary N) is 2. The van der Waals surface area contributed by atoms with Crippen molar-refractivity contribution in [1.29, 1.82) is 0 Å². The van der Waals surface area contributed by atoms with Gasteiger partial charge in [0, 0.05) is 17.3 Å². The molecule has 0 aliphatic heterocycles. The van der Waals surface area contributed by atoms with Crippen molar-refractivity contribution < 1.29 is 9.53 Å². The largest absolute Gasteiger partial charge is 0.497 e. The highest BCUT2D eigenvalue weighted by atomic mass is 35.5. The van der Waals surface area contributed by atoms with Crippen LogP contribution in [0.2, 0.25) is 0 Å². The number of nitrogens with two attached hydrogens (primary N) is 1. The lowest BCUT2D eigenvalue weighted by Gasteiger charge is -2.08. The maximum atomic E-state index is 11.9. The molecule has 2 aromatic rings. The summed E-state index contributed by atoms with van der Waals surface area (Å²) in [5.74, 6) is 0.948. The van der Waals surface area contributed by atoms with Crippen molar-refractivity contribution in [2.45, 2.75) is 6.92 Å². The third-order valence-corrected chi connectivity index (χ3v) is 2.51. The Labute approximate surface area is 128 Å². The summed E-state index contributed by atoms with van der Waals surface area (Å²) >= 11 is 0. The summed E-state index contributed by atoms with van der Waals surface area (Å²) < 4.78 is 5.02. The van der Waals surface area contributed by atoms with Crippen LogP contribution in [0.3, 0.4) is 0 Å². The fraction of sp³-hybridized carbons (Fsp3) is 0.154. The molecule has 8 heteroatoms. The van der Waals surface area contributed by atoms with E-state index in [-0.39, 0.29) is 24.3 Å². The molecule has 1 aromatic carbocycles. The molecular formula is C13H16ClN5O2. The number of nitrogen functional groups attached to an aromatic ring is 1. The van der Waals surface area contributed by atoms with Crippen molar-refractivity contribution in [3.8, 4) is 5.75 Å². The zero-order chi connectivity index (χ0) is 14.5. The second-order valence-corrected chi connectivity index (χ2v) is 4.07. The molecule has 0 radical (unpaired) electrons. The number of rotatable bonds is 4. The van der Waals surface area contributed by atoms with Crippen molar-refractivity contribution in [3.63, 3.8) is 0 Å². The van der Waals surface area contributed by atoms with Gasteiger partial charge in [0.2, 0.25) is 5.95 Å². The molecule has 0 fully saturated rings. The Morgan fingerprint density at radius 3 is 2.48 bits per heavy atom. The van der Waals surface area contributed by atoms with Crippen molar-refractivity contribution in [2.75, 3.05) is 18.3 Å². The first-order valence-electron chi connectivity index (χ1n) is 5.90. The highest BCUT2D eigenvalue weighted by Gasteiger charge is 2.06. The van der Waals surface area contributed by atoms with E-state index in [2.05, 4.69) is 20.8 Å². The average molecular weight is 310 g/mol. The molecule has 112 valence electrons. The number of aryl methyl sites for hydroxylation is 1. The molecule has 1 aromatic heterocycles. The predicted molar refractivity (Wildman–Crippen MR) is 82.5 cm³/mol. The molecule has 0 atom stereocenters. The Kier molecular flexibility index (Phi) is 5.74. The van der Waals surface area contributed by atoms with Crippen LogP contribution < -0.4 is 21.3 Å². The van der Waals surface area contributed by atoms with E-state index in [1.807, 2.05) is 0 Å². The van der Waals surface area contributed by atoms with Crippen molar-refractivity contribution in [1.82, 2.24) is 15.4 Å². The quantitative estimate of drug-likeness (QED) is 0.741. The van der Waals surface area contributed by atoms with Gasteiger partial charge in [-0.15, -0.1) is 12.4 Å². The summed E-state index contributed by atoms with van der Waals surface area (Å²) in [5, 5.41) is 0. The monoisotopic (exact) mass is 309 g/mol. The van der Waals surface area contributed by atoms with Crippen LogP contribution in [0, 0.1) is 6.92 Å². The Bertz CT molecular complexity index is 598. The first kappa shape index (κ1) is 16.5. The highest BCUT2D eigenvalue weighted by molar-refractivity contribution is 5.94. The molecule has 21 heavy (non-hydrogen) atoms. The number of hydrogen-bond donors (Lipinski definition) is 3. The number of ether oxygens (including phenoxy) is 1. The van der Waals surface area contributed by atoms with Gasteiger partial charge in [0.25, 0.3) is 5.91 Å². The second-order valence-electron chi connectivity index (χ2n) is 4.07. The molecule has 4 N–H and O–H groups in total. The standard InChI is InChI=1S/C13H15N5O2.ClH/c1-8-7-11(14)16-13(15-8)18-17-12(19)9-3-5-10(20-2)6-4-9;/h3-7H,1-2H3,(H,17,19)(H3,14,15,16,18);1H. The summed E-state index contributed by atoms with van der Waals surface area (Å²) in [5.41, 5.74) is 11.9. The minimum atomic E-state index is -0.309. The second kappa shape index (κ2) is 7.30. The number of nitrogens with zero attached hydrogens (tertiary/aromatic N) is 2. The van der Waals surface area contributed by atoms with Crippen LogP contribution in [0.15, 0.2) is 30.3 Å². The molecule has 0 unspecified atom stereocenters.